The SMILES string of the molecule is C=CCNS(=O)(=O)c1ccc(C)c(C(=O)NCC(C)C)c1. The summed E-state index contributed by atoms with van der Waals surface area (Å²) in [5.41, 5.74) is 1.11. The van der Waals surface area contributed by atoms with E-state index >= 15 is 0 Å². The van der Waals surface area contributed by atoms with Crippen LogP contribution in [0.1, 0.15) is 29.8 Å². The van der Waals surface area contributed by atoms with E-state index in [1.165, 1.54) is 18.2 Å². The fourth-order valence-electron chi connectivity index (χ4n) is 1.66. The van der Waals surface area contributed by atoms with Crippen molar-refractivity contribution in [3.05, 3.63) is 42.0 Å². The molecule has 1 aromatic carbocycles. The first-order valence-corrected chi connectivity index (χ1v) is 8.25. The van der Waals surface area contributed by atoms with Crippen LogP contribution in [-0.4, -0.2) is 27.4 Å². The van der Waals surface area contributed by atoms with E-state index in [1.54, 1.807) is 13.0 Å². The first-order chi connectivity index (χ1) is 9.77. The minimum Gasteiger partial charge on any atom is -0.352 e. The van der Waals surface area contributed by atoms with Gasteiger partial charge in [0, 0.05) is 18.7 Å². The average Bonchev–Trinajstić information content (AvgIpc) is 2.42. The molecule has 5 nitrogen and oxygen atoms in total. The zero-order chi connectivity index (χ0) is 16.0. The molecular formula is C15H22N2O3S. The van der Waals surface area contributed by atoms with E-state index in [1.807, 2.05) is 13.8 Å². The van der Waals surface area contributed by atoms with Crippen LogP contribution in [0.2, 0.25) is 0 Å². The van der Waals surface area contributed by atoms with E-state index in [2.05, 4.69) is 16.6 Å². The molecule has 0 spiro atoms. The second-order valence-electron chi connectivity index (χ2n) is 5.22. The van der Waals surface area contributed by atoms with Gasteiger partial charge in [-0.05, 0) is 30.5 Å². The molecule has 0 atom stereocenters. The van der Waals surface area contributed by atoms with Gasteiger partial charge >= 0.3 is 0 Å². The maximum Gasteiger partial charge on any atom is 0.251 e. The fraction of sp³-hybridized carbons (Fsp3) is 0.400. The molecule has 6 heteroatoms. The molecule has 0 radical (unpaired) electrons. The van der Waals surface area contributed by atoms with Gasteiger partial charge in [-0.25, -0.2) is 13.1 Å². The molecule has 0 saturated heterocycles. The number of aryl methyl sites for hydroxylation is 1. The Morgan fingerprint density at radius 1 is 1.38 bits per heavy atom. The molecule has 1 rings (SSSR count). The predicted molar refractivity (Wildman–Crippen MR) is 83.7 cm³/mol. The Morgan fingerprint density at radius 2 is 2.05 bits per heavy atom. The van der Waals surface area contributed by atoms with Crippen LogP contribution in [0.5, 0.6) is 0 Å². The van der Waals surface area contributed by atoms with Crippen molar-refractivity contribution in [3.63, 3.8) is 0 Å². The van der Waals surface area contributed by atoms with Crippen LogP contribution >= 0.6 is 0 Å². The molecule has 0 aliphatic heterocycles. The quantitative estimate of drug-likeness (QED) is 0.755. The van der Waals surface area contributed by atoms with Gasteiger partial charge < -0.3 is 5.32 Å². The van der Waals surface area contributed by atoms with Crippen molar-refractivity contribution < 1.29 is 13.2 Å². The summed E-state index contributed by atoms with van der Waals surface area (Å²) in [6.45, 7) is 9.92. The lowest BCUT2D eigenvalue weighted by Crippen LogP contribution is -2.29. The summed E-state index contributed by atoms with van der Waals surface area (Å²) >= 11 is 0. The topological polar surface area (TPSA) is 75.3 Å². The van der Waals surface area contributed by atoms with Gasteiger partial charge in [-0.2, -0.15) is 0 Å². The van der Waals surface area contributed by atoms with E-state index < -0.39 is 10.0 Å². The lowest BCUT2D eigenvalue weighted by Gasteiger charge is -2.11. The molecule has 0 unspecified atom stereocenters. The zero-order valence-electron chi connectivity index (χ0n) is 12.6. The van der Waals surface area contributed by atoms with E-state index in [0.717, 1.165) is 5.56 Å². The summed E-state index contributed by atoms with van der Waals surface area (Å²) in [6.07, 6.45) is 1.46. The van der Waals surface area contributed by atoms with Crippen LogP contribution in [0.3, 0.4) is 0 Å². The van der Waals surface area contributed by atoms with Gasteiger partial charge in [0.05, 0.1) is 4.90 Å². The zero-order valence-corrected chi connectivity index (χ0v) is 13.5. The van der Waals surface area contributed by atoms with Crippen molar-refractivity contribution in [1.82, 2.24) is 10.0 Å². The van der Waals surface area contributed by atoms with Gasteiger partial charge in [-0.15, -0.1) is 6.58 Å². The van der Waals surface area contributed by atoms with Crippen LogP contribution < -0.4 is 10.0 Å². The van der Waals surface area contributed by atoms with Crippen molar-refractivity contribution in [2.24, 2.45) is 5.92 Å². The summed E-state index contributed by atoms with van der Waals surface area (Å²) in [7, 11) is -3.63. The smallest absolute Gasteiger partial charge is 0.251 e. The lowest BCUT2D eigenvalue weighted by atomic mass is 10.1. The Hall–Kier alpha value is -1.66. The molecule has 0 aliphatic carbocycles. The van der Waals surface area contributed by atoms with Crippen molar-refractivity contribution in [3.8, 4) is 0 Å². The molecule has 0 aliphatic rings. The molecule has 0 heterocycles. The van der Waals surface area contributed by atoms with E-state index in [9.17, 15) is 13.2 Å². The second-order valence-corrected chi connectivity index (χ2v) is 6.99. The van der Waals surface area contributed by atoms with Crippen LogP contribution in [-0.2, 0) is 10.0 Å². The van der Waals surface area contributed by atoms with Gasteiger partial charge in [0.2, 0.25) is 10.0 Å². The Balaban J connectivity index is 3.04. The minimum absolute atomic E-state index is 0.0737. The summed E-state index contributed by atoms with van der Waals surface area (Å²) < 4.78 is 26.5. The van der Waals surface area contributed by atoms with E-state index in [-0.39, 0.29) is 17.3 Å². The average molecular weight is 310 g/mol. The summed E-state index contributed by atoms with van der Waals surface area (Å²) in [4.78, 5) is 12.2. The molecule has 21 heavy (non-hydrogen) atoms. The molecule has 1 aromatic rings. The monoisotopic (exact) mass is 310 g/mol. The number of nitrogens with one attached hydrogen (secondary N) is 2. The molecule has 2 N–H and O–H groups in total. The highest BCUT2D eigenvalue weighted by atomic mass is 32.2. The highest BCUT2D eigenvalue weighted by Gasteiger charge is 2.17. The van der Waals surface area contributed by atoms with Gasteiger partial charge in [-0.1, -0.05) is 26.0 Å². The second kappa shape index (κ2) is 7.38. The minimum atomic E-state index is -3.63. The van der Waals surface area contributed by atoms with Crippen molar-refractivity contribution >= 4 is 15.9 Å². The number of benzene rings is 1. The van der Waals surface area contributed by atoms with Gasteiger partial charge in [-0.3, -0.25) is 4.79 Å². The van der Waals surface area contributed by atoms with Crippen molar-refractivity contribution in [2.75, 3.05) is 13.1 Å². The normalized spacial score (nSPS) is 11.4. The number of sulfonamides is 1. The molecule has 0 bridgehead atoms. The van der Waals surface area contributed by atoms with Crippen LogP contribution in [0.4, 0.5) is 0 Å². The van der Waals surface area contributed by atoms with Crippen molar-refractivity contribution in [2.45, 2.75) is 25.7 Å². The number of carbonyl (C=O) groups excluding carboxylic acids is 1. The third kappa shape index (κ3) is 4.99. The molecule has 0 aromatic heterocycles. The Labute approximate surface area is 126 Å². The molecule has 0 saturated carbocycles. The number of amides is 1. The van der Waals surface area contributed by atoms with Crippen LogP contribution in [0.25, 0.3) is 0 Å². The molecule has 0 fully saturated rings. The predicted octanol–water partition coefficient (Wildman–Crippen LogP) is 1.85. The maximum atomic E-state index is 12.1. The van der Waals surface area contributed by atoms with Crippen LogP contribution in [0, 0.1) is 12.8 Å². The van der Waals surface area contributed by atoms with Crippen molar-refractivity contribution in [1.29, 1.82) is 0 Å². The molecule has 1 amide bonds. The number of carbonyl (C=O) groups is 1. The number of rotatable bonds is 7. The number of hydrogen-bond donors (Lipinski definition) is 2. The number of hydrogen-bond acceptors (Lipinski definition) is 3. The third-order valence-corrected chi connectivity index (χ3v) is 4.27. The standard InChI is InChI=1S/C15H22N2O3S/c1-5-8-17-21(19,20)13-7-6-12(4)14(9-13)15(18)16-10-11(2)3/h5-7,9,11,17H,1,8,10H2,2-4H3,(H,16,18). The van der Waals surface area contributed by atoms with E-state index in [4.69, 9.17) is 0 Å². The Bertz CT molecular complexity index is 622. The highest BCUT2D eigenvalue weighted by Crippen LogP contribution is 2.15. The highest BCUT2D eigenvalue weighted by molar-refractivity contribution is 7.89. The fourth-order valence-corrected chi connectivity index (χ4v) is 2.68. The first-order valence-electron chi connectivity index (χ1n) is 6.77. The third-order valence-electron chi connectivity index (χ3n) is 2.85. The summed E-state index contributed by atoms with van der Waals surface area (Å²) in [5, 5.41) is 2.79. The molecular weight excluding hydrogens is 288 g/mol. The first kappa shape index (κ1) is 17.4. The Morgan fingerprint density at radius 3 is 2.62 bits per heavy atom. The maximum absolute atomic E-state index is 12.1. The summed E-state index contributed by atoms with van der Waals surface area (Å²) in [6, 6.07) is 4.52. The van der Waals surface area contributed by atoms with Crippen LogP contribution in [0.15, 0.2) is 35.7 Å². The van der Waals surface area contributed by atoms with E-state index in [0.29, 0.717) is 18.0 Å². The summed E-state index contributed by atoms with van der Waals surface area (Å²) in [5.74, 6) is 0.0670. The van der Waals surface area contributed by atoms with Gasteiger partial charge in [0.15, 0.2) is 0 Å². The van der Waals surface area contributed by atoms with Gasteiger partial charge in [0.25, 0.3) is 5.91 Å². The Kier molecular flexibility index (Phi) is 6.11. The largest absolute Gasteiger partial charge is 0.352 e. The van der Waals surface area contributed by atoms with Gasteiger partial charge in [0.1, 0.15) is 0 Å². The molecule has 116 valence electrons. The lowest BCUT2D eigenvalue weighted by molar-refractivity contribution is 0.0948.